The van der Waals surface area contributed by atoms with E-state index in [1.807, 2.05) is 26.0 Å². The number of aromatic nitrogens is 3. The van der Waals surface area contributed by atoms with E-state index in [2.05, 4.69) is 36.7 Å². The molecule has 3 aliphatic carbocycles. The maximum absolute atomic E-state index is 13.5. The lowest BCUT2D eigenvalue weighted by molar-refractivity contribution is -0.120. The second-order valence-electron chi connectivity index (χ2n) is 12.1. The van der Waals surface area contributed by atoms with Crippen molar-refractivity contribution in [3.05, 3.63) is 41.0 Å². The van der Waals surface area contributed by atoms with Crippen LogP contribution < -0.4 is 5.32 Å². The molecule has 2 N–H and O–H groups in total. The third-order valence-electron chi connectivity index (χ3n) is 8.18. The molecule has 0 unspecified atom stereocenters. The molecule has 3 aliphatic rings. The number of rotatable bonds is 7. The molecule has 3 saturated carbocycles. The molecule has 0 bridgehead atoms. The molecule has 0 radical (unpaired) electrons. The summed E-state index contributed by atoms with van der Waals surface area (Å²) in [5, 5.41) is 23.6. The number of amides is 1. The van der Waals surface area contributed by atoms with Gasteiger partial charge in [-0.2, -0.15) is 0 Å². The van der Waals surface area contributed by atoms with Crippen LogP contribution in [0.25, 0.3) is 0 Å². The zero-order valence-electron chi connectivity index (χ0n) is 21.3. The molecule has 1 amide bonds. The molecule has 1 aromatic heterocycles. The molecule has 184 valence electrons. The summed E-state index contributed by atoms with van der Waals surface area (Å²) in [6.45, 7) is 10.5. The van der Waals surface area contributed by atoms with Gasteiger partial charge < -0.3 is 15.0 Å². The van der Waals surface area contributed by atoms with Crippen molar-refractivity contribution in [1.29, 1.82) is 0 Å². The number of hydrogen-bond donors (Lipinski definition) is 2. The highest BCUT2D eigenvalue weighted by Crippen LogP contribution is 2.51. The van der Waals surface area contributed by atoms with Gasteiger partial charge in [0.2, 0.25) is 5.91 Å². The van der Waals surface area contributed by atoms with Gasteiger partial charge in [-0.1, -0.05) is 31.5 Å². The zero-order valence-corrected chi connectivity index (χ0v) is 21.3. The first-order chi connectivity index (χ1) is 16.1. The van der Waals surface area contributed by atoms with Crippen LogP contribution in [0.15, 0.2) is 18.2 Å². The Morgan fingerprint density at radius 2 is 1.88 bits per heavy atom. The average molecular weight is 465 g/mol. The lowest BCUT2D eigenvalue weighted by Crippen LogP contribution is -2.28. The minimum Gasteiger partial charge on any atom is -0.390 e. The maximum Gasteiger partial charge on any atom is 0.228 e. The quantitative estimate of drug-likeness (QED) is 0.555. The van der Waals surface area contributed by atoms with Crippen molar-refractivity contribution in [2.24, 2.45) is 17.8 Å². The first-order valence-corrected chi connectivity index (χ1v) is 13.2. The second-order valence-corrected chi connectivity index (χ2v) is 12.1. The summed E-state index contributed by atoms with van der Waals surface area (Å²) in [7, 11) is 0. The van der Waals surface area contributed by atoms with Crippen molar-refractivity contribution in [3.8, 4) is 0 Å². The smallest absolute Gasteiger partial charge is 0.228 e. The standard InChI is InChI=1S/C28H40N4O2/c1-16(2)10-19-12-20(13-19)25-30-31-26(32(25)21-7-8-21)22-14-28(5,34)15-23(22)27(33)29-24-9-6-17(3)11-18(24)4/h6,9,11,16,19-23,34H,7-8,10,12-15H2,1-5H3,(H,29,33)/t19?,20?,22-,23-,28-/m1/s1. The van der Waals surface area contributed by atoms with Crippen LogP contribution in [0.1, 0.15) is 106 Å². The van der Waals surface area contributed by atoms with Gasteiger partial charge in [0.15, 0.2) is 0 Å². The number of nitrogens with one attached hydrogen (secondary N) is 1. The topological polar surface area (TPSA) is 80.0 Å². The van der Waals surface area contributed by atoms with E-state index in [9.17, 15) is 9.90 Å². The van der Waals surface area contributed by atoms with Crippen molar-refractivity contribution in [2.45, 2.75) is 103 Å². The van der Waals surface area contributed by atoms with E-state index in [1.54, 1.807) is 0 Å². The molecule has 3 fully saturated rings. The molecular formula is C28H40N4O2. The predicted octanol–water partition coefficient (Wildman–Crippen LogP) is 5.65. The lowest BCUT2D eigenvalue weighted by Gasteiger charge is -2.36. The Bertz CT molecular complexity index is 1060. The van der Waals surface area contributed by atoms with Gasteiger partial charge in [0.25, 0.3) is 0 Å². The van der Waals surface area contributed by atoms with Crippen molar-refractivity contribution >= 4 is 11.6 Å². The molecule has 6 nitrogen and oxygen atoms in total. The van der Waals surface area contributed by atoms with Crippen LogP contribution in [0.4, 0.5) is 5.69 Å². The number of hydrogen-bond acceptors (Lipinski definition) is 4. The average Bonchev–Trinajstić information content (AvgIpc) is 3.38. The second kappa shape index (κ2) is 8.78. The Hall–Kier alpha value is -2.21. The van der Waals surface area contributed by atoms with E-state index in [0.29, 0.717) is 24.8 Å². The van der Waals surface area contributed by atoms with E-state index in [1.165, 1.54) is 24.8 Å². The largest absolute Gasteiger partial charge is 0.390 e. The van der Waals surface area contributed by atoms with Gasteiger partial charge in [-0.25, -0.2) is 0 Å². The van der Waals surface area contributed by atoms with Gasteiger partial charge in [-0.3, -0.25) is 4.79 Å². The molecule has 3 atom stereocenters. The van der Waals surface area contributed by atoms with Crippen molar-refractivity contribution in [3.63, 3.8) is 0 Å². The highest BCUT2D eigenvalue weighted by atomic mass is 16.3. The van der Waals surface area contributed by atoms with Crippen LogP contribution in [-0.4, -0.2) is 31.4 Å². The Morgan fingerprint density at radius 1 is 1.18 bits per heavy atom. The van der Waals surface area contributed by atoms with Crippen LogP contribution in [-0.2, 0) is 4.79 Å². The van der Waals surface area contributed by atoms with Gasteiger partial charge in [0.05, 0.1) is 11.5 Å². The SMILES string of the molecule is Cc1ccc(NC(=O)[C@@H]2C[C@](C)(O)C[C@H]2c2nnc(C3CC(CC(C)C)C3)n2C2CC2)c(C)c1. The van der Waals surface area contributed by atoms with Crippen LogP contribution >= 0.6 is 0 Å². The normalized spacial score (nSPS) is 31.0. The van der Waals surface area contributed by atoms with E-state index in [4.69, 9.17) is 10.2 Å². The molecular weight excluding hydrogens is 424 g/mol. The summed E-state index contributed by atoms with van der Waals surface area (Å²) < 4.78 is 2.37. The van der Waals surface area contributed by atoms with Crippen LogP contribution in [0.2, 0.25) is 0 Å². The van der Waals surface area contributed by atoms with E-state index >= 15 is 0 Å². The molecule has 1 aromatic carbocycles. The minimum atomic E-state index is -0.881. The summed E-state index contributed by atoms with van der Waals surface area (Å²) >= 11 is 0. The Labute approximate surface area is 203 Å². The summed E-state index contributed by atoms with van der Waals surface area (Å²) in [5.74, 6) is 3.59. The summed E-state index contributed by atoms with van der Waals surface area (Å²) in [5.41, 5.74) is 2.19. The van der Waals surface area contributed by atoms with E-state index in [0.717, 1.165) is 47.6 Å². The molecule has 0 spiro atoms. The number of carbonyl (C=O) groups is 1. The van der Waals surface area contributed by atoms with Crippen LogP contribution in [0, 0.1) is 31.6 Å². The highest BCUT2D eigenvalue weighted by Gasteiger charge is 2.49. The van der Waals surface area contributed by atoms with Crippen molar-refractivity contribution < 1.29 is 9.90 Å². The summed E-state index contributed by atoms with van der Waals surface area (Å²) in [6, 6.07) is 6.53. The number of aryl methyl sites for hydroxylation is 2. The predicted molar refractivity (Wildman–Crippen MR) is 134 cm³/mol. The Balaban J connectivity index is 1.39. The molecule has 2 aromatic rings. The maximum atomic E-state index is 13.5. The van der Waals surface area contributed by atoms with Gasteiger partial charge in [0.1, 0.15) is 11.6 Å². The third-order valence-corrected chi connectivity index (χ3v) is 8.18. The van der Waals surface area contributed by atoms with Gasteiger partial charge in [-0.05, 0) is 89.2 Å². The van der Waals surface area contributed by atoms with Crippen molar-refractivity contribution in [1.82, 2.24) is 14.8 Å². The van der Waals surface area contributed by atoms with Gasteiger partial charge in [-0.15, -0.1) is 10.2 Å². The van der Waals surface area contributed by atoms with Crippen LogP contribution in [0.3, 0.4) is 0 Å². The fourth-order valence-electron chi connectivity index (χ4n) is 6.40. The summed E-state index contributed by atoms with van der Waals surface area (Å²) in [4.78, 5) is 13.5. The van der Waals surface area contributed by atoms with E-state index < -0.39 is 5.60 Å². The zero-order chi connectivity index (χ0) is 24.2. The Morgan fingerprint density at radius 3 is 2.53 bits per heavy atom. The number of benzene rings is 1. The highest BCUT2D eigenvalue weighted by molar-refractivity contribution is 5.94. The molecule has 1 heterocycles. The first kappa shape index (κ1) is 23.5. The van der Waals surface area contributed by atoms with Crippen LogP contribution in [0.5, 0.6) is 0 Å². The Kier molecular flexibility index (Phi) is 6.07. The molecule has 5 rings (SSSR count). The number of anilines is 1. The lowest BCUT2D eigenvalue weighted by atomic mass is 9.71. The minimum absolute atomic E-state index is 0.0257. The molecule has 0 aliphatic heterocycles. The first-order valence-electron chi connectivity index (χ1n) is 13.2. The molecule has 0 saturated heterocycles. The van der Waals surface area contributed by atoms with E-state index in [-0.39, 0.29) is 17.7 Å². The summed E-state index contributed by atoms with van der Waals surface area (Å²) in [6.07, 6.45) is 6.98. The fourth-order valence-corrected chi connectivity index (χ4v) is 6.40. The molecule has 34 heavy (non-hydrogen) atoms. The number of carbonyl (C=O) groups excluding carboxylic acids is 1. The monoisotopic (exact) mass is 464 g/mol. The molecule has 6 heteroatoms. The number of aliphatic hydroxyl groups is 1. The third kappa shape index (κ3) is 4.66. The fraction of sp³-hybridized carbons (Fsp3) is 0.679. The van der Waals surface area contributed by atoms with Crippen molar-refractivity contribution in [2.75, 3.05) is 5.32 Å². The van der Waals surface area contributed by atoms with Gasteiger partial charge >= 0.3 is 0 Å². The number of nitrogens with zero attached hydrogens (tertiary/aromatic N) is 3. The van der Waals surface area contributed by atoms with Gasteiger partial charge in [0, 0.05) is 23.6 Å².